The quantitative estimate of drug-likeness (QED) is 0.516. The van der Waals surface area contributed by atoms with Gasteiger partial charge in [0.1, 0.15) is 0 Å². The number of unbranched alkanes of at least 4 members (excludes halogenated alkanes) is 1. The molecule has 2 aliphatic rings. The minimum Gasteiger partial charge on any atom is -0.450 e. The maximum atomic E-state index is 12.2. The van der Waals surface area contributed by atoms with Crippen molar-refractivity contribution < 1.29 is 9.53 Å². The Kier molecular flexibility index (Phi) is 6.96. The van der Waals surface area contributed by atoms with Gasteiger partial charge in [-0.3, -0.25) is 4.98 Å². The molecule has 5 heteroatoms. The van der Waals surface area contributed by atoms with E-state index < -0.39 is 0 Å². The van der Waals surface area contributed by atoms with E-state index in [1.807, 2.05) is 30.2 Å². The molecule has 1 fully saturated rings. The fraction of sp³-hybridized carbons (Fsp3) is 0.462. The topological polar surface area (TPSA) is 42.4 Å². The third-order valence-corrected chi connectivity index (χ3v) is 6.76. The van der Waals surface area contributed by atoms with Crippen molar-refractivity contribution in [3.8, 4) is 0 Å². The van der Waals surface area contributed by atoms with Gasteiger partial charge in [0.25, 0.3) is 0 Å². The first-order chi connectivity index (χ1) is 15.1. The van der Waals surface area contributed by atoms with Crippen molar-refractivity contribution in [1.82, 2.24) is 9.88 Å². The van der Waals surface area contributed by atoms with Gasteiger partial charge in [0, 0.05) is 30.2 Å². The Balaban J connectivity index is 1.72. The molecular formula is C26H31ClN2O2. The zero-order valence-corrected chi connectivity index (χ0v) is 19.2. The lowest BCUT2D eigenvalue weighted by Crippen LogP contribution is -2.40. The summed E-state index contributed by atoms with van der Waals surface area (Å²) in [6.07, 6.45) is 9.26. The maximum absolute atomic E-state index is 12.2. The van der Waals surface area contributed by atoms with Crippen molar-refractivity contribution in [3.05, 3.63) is 63.9 Å². The molecule has 2 heterocycles. The molecule has 0 bridgehead atoms. The molecule has 1 amide bonds. The van der Waals surface area contributed by atoms with Gasteiger partial charge >= 0.3 is 6.09 Å². The number of halogens is 1. The molecule has 4 rings (SSSR count). The number of piperidine rings is 1. The molecule has 164 valence electrons. The van der Waals surface area contributed by atoms with E-state index >= 15 is 0 Å². The van der Waals surface area contributed by atoms with Gasteiger partial charge in [0.2, 0.25) is 0 Å². The molecule has 1 unspecified atom stereocenters. The van der Waals surface area contributed by atoms with Gasteiger partial charge in [-0.05, 0) is 79.0 Å². The van der Waals surface area contributed by atoms with Crippen LogP contribution in [-0.2, 0) is 4.74 Å². The van der Waals surface area contributed by atoms with E-state index in [2.05, 4.69) is 31.2 Å². The monoisotopic (exact) mass is 438 g/mol. The number of likely N-dealkylation sites (tertiary alicyclic amines) is 1. The van der Waals surface area contributed by atoms with E-state index in [1.54, 1.807) is 0 Å². The largest absolute Gasteiger partial charge is 0.450 e. The van der Waals surface area contributed by atoms with Crippen molar-refractivity contribution in [2.75, 3.05) is 19.7 Å². The Morgan fingerprint density at radius 3 is 2.77 bits per heavy atom. The Bertz CT molecular complexity index is 964. The van der Waals surface area contributed by atoms with E-state index in [0.29, 0.717) is 12.5 Å². The number of rotatable bonds is 5. The van der Waals surface area contributed by atoms with E-state index in [9.17, 15) is 4.79 Å². The van der Waals surface area contributed by atoms with E-state index in [4.69, 9.17) is 21.3 Å². The normalized spacial score (nSPS) is 18.6. The number of carbonyl (C=O) groups is 1. The number of carbonyl (C=O) groups excluding carboxylic acids is 1. The maximum Gasteiger partial charge on any atom is 0.409 e. The van der Waals surface area contributed by atoms with E-state index in [1.165, 1.54) is 28.0 Å². The highest BCUT2D eigenvalue weighted by molar-refractivity contribution is 6.30. The van der Waals surface area contributed by atoms with Crippen LogP contribution in [0.5, 0.6) is 0 Å². The van der Waals surface area contributed by atoms with E-state index in [0.717, 1.165) is 50.2 Å². The summed E-state index contributed by atoms with van der Waals surface area (Å²) in [7, 11) is 0. The molecule has 1 aromatic carbocycles. The number of hydrogen-bond acceptors (Lipinski definition) is 3. The SMILES string of the molecule is CCCCC1=Cc2cc(Cl)ccc2C(C2CCN(C(=O)OCC)CC2)c2ncccc21. The van der Waals surface area contributed by atoms with Crippen LogP contribution in [0.4, 0.5) is 4.79 Å². The number of nitrogens with zero attached hydrogens (tertiary/aromatic N) is 2. The summed E-state index contributed by atoms with van der Waals surface area (Å²) < 4.78 is 5.21. The van der Waals surface area contributed by atoms with Crippen LogP contribution in [0.2, 0.25) is 5.02 Å². The lowest BCUT2D eigenvalue weighted by molar-refractivity contribution is 0.0900. The van der Waals surface area contributed by atoms with Crippen molar-refractivity contribution in [2.45, 2.75) is 51.9 Å². The summed E-state index contributed by atoms with van der Waals surface area (Å²) >= 11 is 6.41. The fourth-order valence-corrected chi connectivity index (χ4v) is 5.17. The van der Waals surface area contributed by atoms with Gasteiger partial charge in [0.05, 0.1) is 12.3 Å². The number of ether oxygens (including phenoxy) is 1. The zero-order chi connectivity index (χ0) is 21.8. The van der Waals surface area contributed by atoms with Gasteiger partial charge in [-0.1, -0.05) is 43.2 Å². The van der Waals surface area contributed by atoms with Gasteiger partial charge in [-0.15, -0.1) is 0 Å². The zero-order valence-electron chi connectivity index (χ0n) is 18.4. The standard InChI is InChI=1S/C26H31ClN2O2/c1-3-5-7-19-16-20-17-21(27)9-10-22(20)24(25-23(19)8-6-13-28-25)18-11-14-29(15-12-18)26(30)31-4-2/h6,8-10,13,16-18,24H,3-5,7,11-12,14-15H2,1-2H3. The predicted octanol–water partition coefficient (Wildman–Crippen LogP) is 6.78. The summed E-state index contributed by atoms with van der Waals surface area (Å²) in [6.45, 7) is 5.94. The van der Waals surface area contributed by atoms with Gasteiger partial charge in [0.15, 0.2) is 0 Å². The number of fused-ring (bicyclic) bond motifs is 2. The average molecular weight is 439 g/mol. The summed E-state index contributed by atoms with van der Waals surface area (Å²) in [6, 6.07) is 10.5. The Hall–Kier alpha value is -2.33. The predicted molar refractivity (Wildman–Crippen MR) is 126 cm³/mol. The lowest BCUT2D eigenvalue weighted by atomic mass is 9.76. The minimum atomic E-state index is -0.198. The molecular weight excluding hydrogens is 408 g/mol. The highest BCUT2D eigenvalue weighted by Gasteiger charge is 2.35. The smallest absolute Gasteiger partial charge is 0.409 e. The van der Waals surface area contributed by atoms with Crippen LogP contribution in [0, 0.1) is 5.92 Å². The fourth-order valence-electron chi connectivity index (χ4n) is 4.98. The Labute approximate surface area is 190 Å². The molecule has 0 N–H and O–H groups in total. The summed E-state index contributed by atoms with van der Waals surface area (Å²) in [5.41, 5.74) is 6.28. The molecule has 2 aromatic rings. The molecule has 1 atom stereocenters. The second-order valence-corrected chi connectivity index (χ2v) is 8.92. The second kappa shape index (κ2) is 9.86. The number of hydrogen-bond donors (Lipinski definition) is 0. The highest BCUT2D eigenvalue weighted by Crippen LogP contribution is 2.45. The van der Waals surface area contributed by atoms with Crippen LogP contribution < -0.4 is 0 Å². The lowest BCUT2D eigenvalue weighted by Gasteiger charge is -2.36. The number of amides is 1. The Morgan fingerprint density at radius 2 is 2.03 bits per heavy atom. The molecule has 0 saturated carbocycles. The van der Waals surface area contributed by atoms with Crippen molar-refractivity contribution >= 4 is 29.3 Å². The molecule has 0 radical (unpaired) electrons. The molecule has 1 aliphatic heterocycles. The number of allylic oxidation sites excluding steroid dienone is 1. The number of pyridine rings is 1. The van der Waals surface area contributed by atoms with Crippen molar-refractivity contribution in [1.29, 1.82) is 0 Å². The van der Waals surface area contributed by atoms with Crippen LogP contribution in [0.3, 0.4) is 0 Å². The molecule has 1 aromatic heterocycles. The summed E-state index contributed by atoms with van der Waals surface area (Å²) in [5, 5.41) is 0.764. The van der Waals surface area contributed by atoms with Gasteiger partial charge in [-0.25, -0.2) is 4.79 Å². The first-order valence-corrected chi connectivity index (χ1v) is 11.9. The van der Waals surface area contributed by atoms with Gasteiger partial charge < -0.3 is 9.64 Å². The first-order valence-electron chi connectivity index (χ1n) is 11.5. The van der Waals surface area contributed by atoms with Crippen LogP contribution in [0.15, 0.2) is 36.5 Å². The average Bonchev–Trinajstić information content (AvgIpc) is 2.92. The number of benzene rings is 1. The Morgan fingerprint density at radius 1 is 1.23 bits per heavy atom. The molecule has 4 nitrogen and oxygen atoms in total. The summed E-state index contributed by atoms with van der Waals surface area (Å²) in [5.74, 6) is 0.612. The van der Waals surface area contributed by atoms with Crippen LogP contribution >= 0.6 is 11.6 Å². The molecule has 1 saturated heterocycles. The van der Waals surface area contributed by atoms with E-state index in [-0.39, 0.29) is 12.0 Å². The van der Waals surface area contributed by atoms with Crippen LogP contribution in [-0.4, -0.2) is 35.7 Å². The second-order valence-electron chi connectivity index (χ2n) is 8.48. The third kappa shape index (κ3) is 4.64. The first kappa shape index (κ1) is 21.9. The van der Waals surface area contributed by atoms with Crippen LogP contribution in [0.1, 0.15) is 74.3 Å². The van der Waals surface area contributed by atoms with Crippen LogP contribution in [0.25, 0.3) is 11.6 Å². The summed E-state index contributed by atoms with van der Waals surface area (Å²) in [4.78, 5) is 18.9. The van der Waals surface area contributed by atoms with Crippen molar-refractivity contribution in [3.63, 3.8) is 0 Å². The molecule has 31 heavy (non-hydrogen) atoms. The number of aromatic nitrogens is 1. The molecule has 0 spiro atoms. The third-order valence-electron chi connectivity index (χ3n) is 6.53. The highest BCUT2D eigenvalue weighted by atomic mass is 35.5. The van der Waals surface area contributed by atoms with Gasteiger partial charge in [-0.2, -0.15) is 0 Å². The van der Waals surface area contributed by atoms with Crippen molar-refractivity contribution in [2.24, 2.45) is 5.92 Å². The molecule has 1 aliphatic carbocycles. The minimum absolute atomic E-state index is 0.197.